The summed E-state index contributed by atoms with van der Waals surface area (Å²) in [6.07, 6.45) is 0.199. The standard InChI is InChI=1S/C22H24N4O4/c1-15-4-3-5-16(2)21(15)25-20(27)14-19(22(25)28)24-12-10-23(11-13-24)17-6-8-18(9-7-17)26(29)30/h3-9,19H,10-14H2,1-2H3/t19-/m0/s1. The summed E-state index contributed by atoms with van der Waals surface area (Å²) >= 11 is 0. The highest BCUT2D eigenvalue weighted by Gasteiger charge is 2.44. The highest BCUT2D eigenvalue weighted by Crippen LogP contribution is 2.32. The lowest BCUT2D eigenvalue weighted by Crippen LogP contribution is -2.52. The fourth-order valence-electron chi connectivity index (χ4n) is 4.37. The van der Waals surface area contributed by atoms with E-state index in [1.165, 1.54) is 17.0 Å². The molecule has 2 aliphatic rings. The SMILES string of the molecule is Cc1cccc(C)c1N1C(=O)C[C@H](N2CCN(c3ccc([N+](=O)[O-])cc3)CC2)C1=O. The second-order valence-electron chi connectivity index (χ2n) is 7.82. The van der Waals surface area contributed by atoms with Gasteiger partial charge in [0.25, 0.3) is 11.6 Å². The zero-order valence-electron chi connectivity index (χ0n) is 17.1. The van der Waals surface area contributed by atoms with Crippen LogP contribution in [0.1, 0.15) is 17.5 Å². The van der Waals surface area contributed by atoms with Gasteiger partial charge in [-0.05, 0) is 37.1 Å². The van der Waals surface area contributed by atoms with Crippen molar-refractivity contribution >= 4 is 28.9 Å². The number of non-ortho nitro benzene ring substituents is 1. The molecule has 0 N–H and O–H groups in total. The first kappa shape index (κ1) is 20.0. The number of hydrogen-bond acceptors (Lipinski definition) is 6. The normalized spacial score (nSPS) is 20.1. The molecule has 2 amide bonds. The largest absolute Gasteiger partial charge is 0.369 e. The first-order valence-corrected chi connectivity index (χ1v) is 10.0. The Labute approximate surface area is 174 Å². The lowest BCUT2D eigenvalue weighted by atomic mass is 10.1. The second-order valence-corrected chi connectivity index (χ2v) is 7.82. The average Bonchev–Trinajstić information content (AvgIpc) is 3.02. The molecule has 2 heterocycles. The van der Waals surface area contributed by atoms with Crippen LogP contribution in [0.4, 0.5) is 17.1 Å². The van der Waals surface area contributed by atoms with Crippen LogP contribution in [0.5, 0.6) is 0 Å². The molecule has 30 heavy (non-hydrogen) atoms. The van der Waals surface area contributed by atoms with E-state index in [-0.39, 0.29) is 23.9 Å². The van der Waals surface area contributed by atoms with Crippen molar-refractivity contribution in [3.63, 3.8) is 0 Å². The summed E-state index contributed by atoms with van der Waals surface area (Å²) in [6, 6.07) is 11.8. The van der Waals surface area contributed by atoms with Crippen LogP contribution in [0.15, 0.2) is 42.5 Å². The quantitative estimate of drug-likeness (QED) is 0.439. The van der Waals surface area contributed by atoms with Crippen LogP contribution in [0, 0.1) is 24.0 Å². The van der Waals surface area contributed by atoms with Crippen LogP contribution in [-0.4, -0.2) is 53.9 Å². The monoisotopic (exact) mass is 408 g/mol. The number of rotatable bonds is 4. The Bertz CT molecular complexity index is 976. The average molecular weight is 408 g/mol. The Kier molecular flexibility index (Phi) is 5.26. The number of hydrogen-bond donors (Lipinski definition) is 0. The molecule has 0 radical (unpaired) electrons. The number of nitrogens with zero attached hydrogens (tertiary/aromatic N) is 4. The number of imide groups is 1. The van der Waals surface area contributed by atoms with Crippen molar-refractivity contribution in [1.82, 2.24) is 4.90 Å². The minimum atomic E-state index is -0.435. The van der Waals surface area contributed by atoms with Crippen molar-refractivity contribution in [2.75, 3.05) is 36.0 Å². The summed E-state index contributed by atoms with van der Waals surface area (Å²) in [7, 11) is 0. The molecule has 8 heteroatoms. The van der Waals surface area contributed by atoms with Gasteiger partial charge in [-0.3, -0.25) is 24.6 Å². The van der Waals surface area contributed by atoms with E-state index in [0.717, 1.165) is 16.8 Å². The lowest BCUT2D eigenvalue weighted by Gasteiger charge is -2.38. The van der Waals surface area contributed by atoms with Crippen LogP contribution in [0.25, 0.3) is 0 Å². The molecule has 8 nitrogen and oxygen atoms in total. The minimum Gasteiger partial charge on any atom is -0.369 e. The maximum atomic E-state index is 13.2. The Morgan fingerprint density at radius 3 is 2.10 bits per heavy atom. The molecule has 2 aliphatic heterocycles. The zero-order valence-corrected chi connectivity index (χ0v) is 17.1. The fourth-order valence-corrected chi connectivity index (χ4v) is 4.37. The van der Waals surface area contributed by atoms with Crippen molar-refractivity contribution in [3.8, 4) is 0 Å². The predicted molar refractivity (Wildman–Crippen MR) is 114 cm³/mol. The van der Waals surface area contributed by atoms with E-state index in [1.807, 2.05) is 32.0 Å². The summed E-state index contributed by atoms with van der Waals surface area (Å²) in [4.78, 5) is 41.9. The first-order valence-electron chi connectivity index (χ1n) is 10.0. The maximum absolute atomic E-state index is 13.2. The van der Waals surface area contributed by atoms with E-state index >= 15 is 0 Å². The van der Waals surface area contributed by atoms with Crippen molar-refractivity contribution < 1.29 is 14.5 Å². The van der Waals surface area contributed by atoms with Gasteiger partial charge < -0.3 is 4.90 Å². The molecule has 0 aromatic heterocycles. The molecule has 0 unspecified atom stereocenters. The van der Waals surface area contributed by atoms with E-state index in [2.05, 4.69) is 9.80 Å². The summed E-state index contributed by atoms with van der Waals surface area (Å²) in [5.41, 5.74) is 3.53. The van der Waals surface area contributed by atoms with Gasteiger partial charge in [0.15, 0.2) is 0 Å². The lowest BCUT2D eigenvalue weighted by molar-refractivity contribution is -0.384. The van der Waals surface area contributed by atoms with Crippen LogP contribution >= 0.6 is 0 Å². The number of piperazine rings is 1. The molecule has 1 atom stereocenters. The van der Waals surface area contributed by atoms with Gasteiger partial charge in [-0.15, -0.1) is 0 Å². The van der Waals surface area contributed by atoms with Crippen molar-refractivity contribution in [2.45, 2.75) is 26.3 Å². The van der Waals surface area contributed by atoms with Gasteiger partial charge in [-0.1, -0.05) is 18.2 Å². The van der Waals surface area contributed by atoms with Gasteiger partial charge in [0.05, 0.1) is 23.1 Å². The van der Waals surface area contributed by atoms with Gasteiger partial charge in [-0.2, -0.15) is 0 Å². The van der Waals surface area contributed by atoms with E-state index in [1.54, 1.807) is 12.1 Å². The summed E-state index contributed by atoms with van der Waals surface area (Å²) in [6.45, 7) is 6.53. The van der Waals surface area contributed by atoms with Crippen molar-refractivity contribution in [3.05, 3.63) is 63.7 Å². The second kappa shape index (κ2) is 7.87. The van der Waals surface area contributed by atoms with Crippen molar-refractivity contribution in [1.29, 1.82) is 0 Å². The van der Waals surface area contributed by atoms with Crippen molar-refractivity contribution in [2.24, 2.45) is 0 Å². The van der Waals surface area contributed by atoms with E-state index in [4.69, 9.17) is 0 Å². The van der Waals surface area contributed by atoms with Crippen LogP contribution in [-0.2, 0) is 9.59 Å². The molecule has 0 aliphatic carbocycles. The third kappa shape index (κ3) is 3.54. The third-order valence-electron chi connectivity index (χ3n) is 5.97. The fraction of sp³-hybridized carbons (Fsp3) is 0.364. The molecule has 2 fully saturated rings. The first-order chi connectivity index (χ1) is 14.4. The van der Waals surface area contributed by atoms with Gasteiger partial charge >= 0.3 is 0 Å². The summed E-state index contributed by atoms with van der Waals surface area (Å²) in [5, 5.41) is 10.8. The van der Waals surface area contributed by atoms with Gasteiger partial charge in [-0.25, -0.2) is 4.90 Å². The number of para-hydroxylation sites is 1. The number of aryl methyl sites for hydroxylation is 2. The molecule has 156 valence electrons. The van der Waals surface area contributed by atoms with Crippen LogP contribution in [0.2, 0.25) is 0 Å². The molecule has 2 aromatic carbocycles. The number of carbonyl (C=O) groups is 2. The van der Waals surface area contributed by atoms with Crippen LogP contribution in [0.3, 0.4) is 0 Å². The molecule has 0 bridgehead atoms. The molecule has 0 spiro atoms. The Morgan fingerprint density at radius 2 is 1.53 bits per heavy atom. The number of benzene rings is 2. The molecular formula is C22H24N4O4. The maximum Gasteiger partial charge on any atom is 0.269 e. The minimum absolute atomic E-state index is 0.0686. The van der Waals surface area contributed by atoms with Crippen LogP contribution < -0.4 is 9.80 Å². The summed E-state index contributed by atoms with van der Waals surface area (Å²) < 4.78 is 0. The highest BCUT2D eigenvalue weighted by molar-refractivity contribution is 6.23. The van der Waals surface area contributed by atoms with E-state index < -0.39 is 11.0 Å². The molecular weight excluding hydrogens is 384 g/mol. The predicted octanol–water partition coefficient (Wildman–Crippen LogP) is 2.67. The van der Waals surface area contributed by atoms with Gasteiger partial charge in [0.2, 0.25) is 5.91 Å². The summed E-state index contributed by atoms with van der Waals surface area (Å²) in [5.74, 6) is -0.304. The van der Waals surface area contributed by atoms with Gasteiger partial charge in [0, 0.05) is 44.0 Å². The molecule has 4 rings (SSSR count). The van der Waals surface area contributed by atoms with E-state index in [9.17, 15) is 19.7 Å². The number of nitro benzene ring substituents is 1. The zero-order chi connectivity index (χ0) is 21.4. The number of anilines is 2. The molecule has 2 saturated heterocycles. The smallest absolute Gasteiger partial charge is 0.269 e. The topological polar surface area (TPSA) is 87.0 Å². The van der Waals surface area contributed by atoms with E-state index in [0.29, 0.717) is 31.9 Å². The Morgan fingerprint density at radius 1 is 0.933 bits per heavy atom. The molecule has 0 saturated carbocycles. The Balaban J connectivity index is 1.44. The number of carbonyl (C=O) groups excluding carboxylic acids is 2. The highest BCUT2D eigenvalue weighted by atomic mass is 16.6. The Hall–Kier alpha value is -3.26. The van der Waals surface area contributed by atoms with Gasteiger partial charge in [0.1, 0.15) is 0 Å². The number of nitro groups is 1. The molecule has 2 aromatic rings. The number of amides is 2. The third-order valence-corrected chi connectivity index (χ3v) is 5.97.